The third kappa shape index (κ3) is 1.83. The van der Waals surface area contributed by atoms with Gasteiger partial charge in [-0.2, -0.15) is 0 Å². The molecule has 2 rings (SSSR count). The highest BCUT2D eigenvalue weighted by Gasteiger charge is 2.24. The highest BCUT2D eigenvalue weighted by molar-refractivity contribution is 5.51. The molecule has 2 heterocycles. The highest BCUT2D eigenvalue weighted by atomic mass is 15.2. The topological polar surface area (TPSA) is 29.0 Å². The molecular formula is C12H19N3. The number of anilines is 1. The number of hydrogen-bond donors (Lipinski definition) is 0. The third-order valence-corrected chi connectivity index (χ3v) is 3.00. The van der Waals surface area contributed by atoms with Crippen LogP contribution in [0, 0.1) is 5.92 Å². The van der Waals surface area contributed by atoms with Crippen molar-refractivity contribution < 1.29 is 0 Å². The monoisotopic (exact) mass is 205 g/mol. The molecule has 3 heteroatoms. The first-order valence-electron chi connectivity index (χ1n) is 5.64. The van der Waals surface area contributed by atoms with E-state index < -0.39 is 0 Å². The smallest absolute Gasteiger partial charge is 0.135 e. The molecule has 0 bridgehead atoms. The van der Waals surface area contributed by atoms with Gasteiger partial charge in [-0.15, -0.1) is 0 Å². The maximum Gasteiger partial charge on any atom is 0.135 e. The van der Waals surface area contributed by atoms with Gasteiger partial charge in [0.15, 0.2) is 0 Å². The fraction of sp³-hybridized carbons (Fsp3) is 0.667. The van der Waals surface area contributed by atoms with Crippen molar-refractivity contribution in [2.45, 2.75) is 33.1 Å². The van der Waals surface area contributed by atoms with Crippen molar-refractivity contribution in [3.63, 3.8) is 0 Å². The van der Waals surface area contributed by atoms with Crippen molar-refractivity contribution in [2.75, 3.05) is 18.5 Å². The maximum absolute atomic E-state index is 4.42. The highest BCUT2D eigenvalue weighted by Crippen LogP contribution is 2.30. The van der Waals surface area contributed by atoms with Gasteiger partial charge < -0.3 is 4.90 Å². The van der Waals surface area contributed by atoms with E-state index in [1.807, 2.05) is 0 Å². The van der Waals surface area contributed by atoms with Gasteiger partial charge in [0.05, 0.1) is 5.69 Å². The summed E-state index contributed by atoms with van der Waals surface area (Å²) in [5, 5.41) is 0. The van der Waals surface area contributed by atoms with Crippen LogP contribution in [0.4, 0.5) is 5.82 Å². The molecule has 0 radical (unpaired) electrons. The van der Waals surface area contributed by atoms with Crippen LogP contribution in [0.3, 0.4) is 0 Å². The lowest BCUT2D eigenvalue weighted by atomic mass is 9.92. The van der Waals surface area contributed by atoms with E-state index in [-0.39, 0.29) is 0 Å². The quantitative estimate of drug-likeness (QED) is 0.704. The third-order valence-electron chi connectivity index (χ3n) is 3.00. The van der Waals surface area contributed by atoms with Crippen LogP contribution >= 0.6 is 0 Å². The summed E-state index contributed by atoms with van der Waals surface area (Å²) in [4.78, 5) is 11.1. The van der Waals surface area contributed by atoms with Gasteiger partial charge in [-0.3, -0.25) is 0 Å². The van der Waals surface area contributed by atoms with Crippen molar-refractivity contribution >= 4 is 5.82 Å². The van der Waals surface area contributed by atoms with E-state index in [4.69, 9.17) is 0 Å². The first-order chi connectivity index (χ1) is 7.09. The molecule has 0 saturated heterocycles. The zero-order chi connectivity index (χ0) is 11.0. The molecule has 1 aliphatic heterocycles. The summed E-state index contributed by atoms with van der Waals surface area (Å²) in [5.41, 5.74) is 2.58. The summed E-state index contributed by atoms with van der Waals surface area (Å²) in [7, 11) is 2.12. The normalized spacial score (nSPS) is 20.6. The van der Waals surface area contributed by atoms with Crippen LogP contribution in [0.15, 0.2) is 6.33 Å². The molecule has 3 nitrogen and oxygen atoms in total. The standard InChI is InChI=1S/C12H19N3/c1-8(2)11-10-5-9(3)6-15(4)12(10)14-7-13-11/h7-9H,5-6H2,1-4H3. The van der Waals surface area contributed by atoms with Crippen molar-refractivity contribution in [1.29, 1.82) is 0 Å². The Labute approximate surface area is 91.5 Å². The first-order valence-corrected chi connectivity index (χ1v) is 5.64. The average molecular weight is 205 g/mol. The van der Waals surface area contributed by atoms with Gasteiger partial charge in [0.2, 0.25) is 0 Å². The summed E-state index contributed by atoms with van der Waals surface area (Å²) < 4.78 is 0. The number of fused-ring (bicyclic) bond motifs is 1. The predicted molar refractivity (Wildman–Crippen MR) is 62.3 cm³/mol. The van der Waals surface area contributed by atoms with Crippen molar-refractivity contribution in [3.05, 3.63) is 17.6 Å². The molecule has 82 valence electrons. The predicted octanol–water partition coefficient (Wildman–Crippen LogP) is 2.23. The molecule has 1 aromatic rings. The number of hydrogen-bond acceptors (Lipinski definition) is 3. The molecule has 1 aliphatic rings. The first kappa shape index (κ1) is 10.4. The zero-order valence-corrected chi connectivity index (χ0v) is 9.99. The Morgan fingerprint density at radius 1 is 1.40 bits per heavy atom. The molecule has 15 heavy (non-hydrogen) atoms. The molecule has 0 saturated carbocycles. The van der Waals surface area contributed by atoms with Crippen LogP contribution in [0.5, 0.6) is 0 Å². The number of aromatic nitrogens is 2. The lowest BCUT2D eigenvalue weighted by Gasteiger charge is -2.31. The van der Waals surface area contributed by atoms with Gasteiger partial charge >= 0.3 is 0 Å². The molecule has 0 spiro atoms. The summed E-state index contributed by atoms with van der Waals surface area (Å²) in [6.07, 6.45) is 2.81. The van der Waals surface area contributed by atoms with Gasteiger partial charge in [0.1, 0.15) is 12.1 Å². The Hall–Kier alpha value is -1.12. The van der Waals surface area contributed by atoms with E-state index >= 15 is 0 Å². The van der Waals surface area contributed by atoms with Gasteiger partial charge in [0, 0.05) is 19.2 Å². The Morgan fingerprint density at radius 3 is 2.80 bits per heavy atom. The fourth-order valence-corrected chi connectivity index (χ4v) is 2.41. The minimum atomic E-state index is 0.487. The Bertz CT molecular complexity index is 346. The lowest BCUT2D eigenvalue weighted by Crippen LogP contribution is -2.32. The van der Waals surface area contributed by atoms with Crippen LogP contribution in [0.1, 0.15) is 37.9 Å². The molecule has 1 aromatic heterocycles. The van der Waals surface area contributed by atoms with Crippen LogP contribution < -0.4 is 4.90 Å². The Balaban J connectivity index is 2.49. The maximum atomic E-state index is 4.42. The van der Waals surface area contributed by atoms with E-state index in [1.165, 1.54) is 11.3 Å². The SMILES string of the molecule is CC1Cc2c(C(C)C)ncnc2N(C)C1. The summed E-state index contributed by atoms with van der Waals surface area (Å²) in [5.74, 6) is 2.32. The molecule has 0 aliphatic carbocycles. The van der Waals surface area contributed by atoms with E-state index in [9.17, 15) is 0 Å². The van der Waals surface area contributed by atoms with Crippen molar-refractivity contribution in [3.8, 4) is 0 Å². The van der Waals surface area contributed by atoms with Crippen LogP contribution in [0.2, 0.25) is 0 Å². The van der Waals surface area contributed by atoms with Crippen LogP contribution in [0.25, 0.3) is 0 Å². The second-order valence-corrected chi connectivity index (χ2v) is 4.91. The fourth-order valence-electron chi connectivity index (χ4n) is 2.41. The summed E-state index contributed by atoms with van der Waals surface area (Å²) in [6, 6.07) is 0. The van der Waals surface area contributed by atoms with E-state index in [2.05, 4.69) is 42.7 Å². The van der Waals surface area contributed by atoms with Crippen LogP contribution in [-0.4, -0.2) is 23.6 Å². The molecule has 0 aromatic carbocycles. The summed E-state index contributed by atoms with van der Waals surface area (Å²) >= 11 is 0. The molecular weight excluding hydrogens is 186 g/mol. The average Bonchev–Trinajstić information content (AvgIpc) is 2.16. The lowest BCUT2D eigenvalue weighted by molar-refractivity contribution is 0.536. The second-order valence-electron chi connectivity index (χ2n) is 4.91. The Morgan fingerprint density at radius 2 is 2.13 bits per heavy atom. The van der Waals surface area contributed by atoms with E-state index in [0.717, 1.165) is 18.8 Å². The van der Waals surface area contributed by atoms with Crippen molar-refractivity contribution in [1.82, 2.24) is 9.97 Å². The number of nitrogens with zero attached hydrogens (tertiary/aromatic N) is 3. The summed E-state index contributed by atoms with van der Waals surface area (Å²) in [6.45, 7) is 7.78. The van der Waals surface area contributed by atoms with Gasteiger partial charge in [-0.1, -0.05) is 20.8 Å². The van der Waals surface area contributed by atoms with E-state index in [0.29, 0.717) is 11.8 Å². The Kier molecular flexibility index (Phi) is 2.63. The molecule has 1 unspecified atom stereocenters. The van der Waals surface area contributed by atoms with Crippen LogP contribution in [-0.2, 0) is 6.42 Å². The van der Waals surface area contributed by atoms with Gasteiger partial charge in [0.25, 0.3) is 0 Å². The zero-order valence-electron chi connectivity index (χ0n) is 9.99. The van der Waals surface area contributed by atoms with Gasteiger partial charge in [-0.05, 0) is 18.3 Å². The van der Waals surface area contributed by atoms with Gasteiger partial charge in [-0.25, -0.2) is 9.97 Å². The molecule has 0 amide bonds. The van der Waals surface area contributed by atoms with E-state index in [1.54, 1.807) is 6.33 Å². The molecule has 1 atom stereocenters. The minimum Gasteiger partial charge on any atom is -0.359 e. The number of rotatable bonds is 1. The largest absolute Gasteiger partial charge is 0.359 e. The second kappa shape index (κ2) is 3.80. The molecule has 0 N–H and O–H groups in total. The molecule has 0 fully saturated rings. The van der Waals surface area contributed by atoms with Crippen molar-refractivity contribution in [2.24, 2.45) is 5.92 Å². The minimum absolute atomic E-state index is 0.487.